The van der Waals surface area contributed by atoms with E-state index in [0.29, 0.717) is 18.6 Å². The maximum absolute atomic E-state index is 6.35. The smallest absolute Gasteiger partial charge is 0.191 e. The second-order valence-corrected chi connectivity index (χ2v) is 8.30. The second-order valence-electron chi connectivity index (χ2n) is 8.30. The summed E-state index contributed by atoms with van der Waals surface area (Å²) in [6.07, 6.45) is 7.54. The Kier molecular flexibility index (Phi) is 8.47. The Morgan fingerprint density at radius 3 is 2.59 bits per heavy atom. The number of likely N-dealkylation sites (tertiary alicyclic amines) is 1. The normalized spacial score (nSPS) is 19.3. The quantitative estimate of drug-likeness (QED) is 0.515. The molecule has 2 aliphatic rings. The van der Waals surface area contributed by atoms with Gasteiger partial charge in [0.25, 0.3) is 0 Å². The van der Waals surface area contributed by atoms with Gasteiger partial charge in [0.2, 0.25) is 0 Å². The molecule has 2 fully saturated rings. The summed E-state index contributed by atoms with van der Waals surface area (Å²) in [6, 6.07) is 6.09. The molecule has 1 aromatic rings. The van der Waals surface area contributed by atoms with Crippen molar-refractivity contribution in [3.05, 3.63) is 23.8 Å². The van der Waals surface area contributed by atoms with Crippen LogP contribution >= 0.6 is 0 Å². The predicted molar refractivity (Wildman–Crippen MR) is 119 cm³/mol. The summed E-state index contributed by atoms with van der Waals surface area (Å²) in [4.78, 5) is 7.25. The molecule has 29 heavy (non-hydrogen) atoms. The zero-order valence-corrected chi connectivity index (χ0v) is 18.4. The number of piperidine rings is 1. The maximum atomic E-state index is 6.35. The predicted octanol–water partition coefficient (Wildman–Crippen LogP) is 3.41. The molecule has 0 spiro atoms. The first-order chi connectivity index (χ1) is 14.2. The number of rotatable bonds is 8. The van der Waals surface area contributed by atoms with Gasteiger partial charge in [-0.2, -0.15) is 0 Å². The van der Waals surface area contributed by atoms with Gasteiger partial charge in [-0.15, -0.1) is 0 Å². The zero-order valence-electron chi connectivity index (χ0n) is 18.4. The van der Waals surface area contributed by atoms with Crippen LogP contribution in [0, 0.1) is 5.92 Å². The Labute approximate surface area is 176 Å². The first-order valence-corrected chi connectivity index (χ1v) is 11.2. The number of hydrogen-bond acceptors (Lipinski definition) is 4. The monoisotopic (exact) mass is 402 g/mol. The van der Waals surface area contributed by atoms with Gasteiger partial charge in [-0.25, -0.2) is 4.99 Å². The van der Waals surface area contributed by atoms with Crippen molar-refractivity contribution < 1.29 is 9.47 Å². The van der Waals surface area contributed by atoms with Crippen molar-refractivity contribution in [2.45, 2.75) is 58.1 Å². The average Bonchev–Trinajstić information content (AvgIpc) is 3.25. The fraction of sp³-hybridized carbons (Fsp3) is 0.696. The summed E-state index contributed by atoms with van der Waals surface area (Å²) in [5.41, 5.74) is 1.08. The molecule has 1 saturated heterocycles. The topological polar surface area (TPSA) is 58.1 Å². The summed E-state index contributed by atoms with van der Waals surface area (Å²) in [5, 5.41) is 6.92. The number of aliphatic imine (C=N–C) groups is 1. The summed E-state index contributed by atoms with van der Waals surface area (Å²) >= 11 is 0. The highest BCUT2D eigenvalue weighted by molar-refractivity contribution is 5.79. The van der Waals surface area contributed by atoms with Crippen molar-refractivity contribution >= 4 is 5.96 Å². The summed E-state index contributed by atoms with van der Waals surface area (Å²) in [5.74, 6) is 3.25. The third-order valence-corrected chi connectivity index (χ3v) is 6.02. The van der Waals surface area contributed by atoms with Gasteiger partial charge in [0, 0.05) is 18.7 Å². The highest BCUT2D eigenvalue weighted by Gasteiger charge is 2.21. The standard InChI is InChI=1S/C23H38N4O2/c1-4-24-23(25-16-18-12-14-27(2)15-13-18)26-17-19-8-7-11-21(28-3)22(19)29-20-9-5-6-10-20/h7-8,11,18,20H,4-6,9-10,12-17H2,1-3H3,(H2,24,25,26). The largest absolute Gasteiger partial charge is 0.493 e. The van der Waals surface area contributed by atoms with E-state index in [0.717, 1.165) is 49.0 Å². The van der Waals surface area contributed by atoms with Crippen molar-refractivity contribution in [1.82, 2.24) is 15.5 Å². The van der Waals surface area contributed by atoms with Crippen molar-refractivity contribution in [3.63, 3.8) is 0 Å². The SMILES string of the molecule is CCNC(=NCc1cccc(OC)c1OC1CCCC1)NCC1CCN(C)CC1. The Bertz CT molecular complexity index is 650. The number of methoxy groups -OCH3 is 1. The maximum Gasteiger partial charge on any atom is 0.191 e. The van der Waals surface area contributed by atoms with Crippen LogP contribution in [0.2, 0.25) is 0 Å². The number of nitrogens with zero attached hydrogens (tertiary/aromatic N) is 2. The summed E-state index contributed by atoms with van der Waals surface area (Å²) < 4.78 is 11.9. The molecule has 0 aromatic heterocycles. The lowest BCUT2D eigenvalue weighted by atomic mass is 9.97. The van der Waals surface area contributed by atoms with E-state index in [4.69, 9.17) is 14.5 Å². The molecule has 1 aromatic carbocycles. The van der Waals surface area contributed by atoms with Gasteiger partial charge in [-0.05, 0) is 77.6 Å². The highest BCUT2D eigenvalue weighted by atomic mass is 16.5. The molecule has 0 amide bonds. The molecule has 0 radical (unpaired) electrons. The fourth-order valence-electron chi connectivity index (χ4n) is 4.17. The van der Waals surface area contributed by atoms with Crippen molar-refractivity contribution in [1.29, 1.82) is 0 Å². The van der Waals surface area contributed by atoms with Crippen LogP contribution < -0.4 is 20.1 Å². The minimum Gasteiger partial charge on any atom is -0.493 e. The van der Waals surface area contributed by atoms with Gasteiger partial charge in [0.15, 0.2) is 17.5 Å². The van der Waals surface area contributed by atoms with Gasteiger partial charge < -0.3 is 25.0 Å². The molecule has 6 heteroatoms. The summed E-state index contributed by atoms with van der Waals surface area (Å²) in [6.45, 7) is 6.87. The van der Waals surface area contributed by atoms with Crippen LogP contribution in [0.5, 0.6) is 11.5 Å². The first-order valence-electron chi connectivity index (χ1n) is 11.2. The second kappa shape index (κ2) is 11.3. The molecule has 0 atom stereocenters. The molecular weight excluding hydrogens is 364 g/mol. The minimum atomic E-state index is 0.296. The molecule has 1 heterocycles. The lowest BCUT2D eigenvalue weighted by molar-refractivity contribution is 0.198. The molecular formula is C23H38N4O2. The van der Waals surface area contributed by atoms with Crippen molar-refractivity contribution in [3.8, 4) is 11.5 Å². The lowest BCUT2D eigenvalue weighted by Crippen LogP contribution is -2.42. The van der Waals surface area contributed by atoms with E-state index >= 15 is 0 Å². The molecule has 3 rings (SSSR count). The first kappa shape index (κ1) is 21.8. The third-order valence-electron chi connectivity index (χ3n) is 6.02. The fourth-order valence-corrected chi connectivity index (χ4v) is 4.17. The Morgan fingerprint density at radius 2 is 1.90 bits per heavy atom. The van der Waals surface area contributed by atoms with Crippen molar-refractivity contribution in [2.24, 2.45) is 10.9 Å². The van der Waals surface area contributed by atoms with E-state index in [2.05, 4.69) is 35.6 Å². The molecule has 162 valence electrons. The van der Waals surface area contributed by atoms with Gasteiger partial charge in [0.05, 0.1) is 19.8 Å². The summed E-state index contributed by atoms with van der Waals surface area (Å²) in [7, 11) is 3.91. The lowest BCUT2D eigenvalue weighted by Gasteiger charge is -2.29. The molecule has 2 N–H and O–H groups in total. The molecule has 6 nitrogen and oxygen atoms in total. The number of nitrogens with one attached hydrogen (secondary N) is 2. The Balaban J connectivity index is 1.64. The van der Waals surface area contributed by atoms with Gasteiger partial charge in [-0.1, -0.05) is 12.1 Å². The minimum absolute atomic E-state index is 0.296. The van der Waals surface area contributed by atoms with Crippen LogP contribution in [0.1, 0.15) is 51.0 Å². The molecule has 1 saturated carbocycles. The zero-order chi connectivity index (χ0) is 20.5. The Morgan fingerprint density at radius 1 is 1.14 bits per heavy atom. The molecule has 0 bridgehead atoms. The van der Waals surface area contributed by atoms with E-state index in [-0.39, 0.29) is 0 Å². The van der Waals surface area contributed by atoms with E-state index in [1.807, 2.05) is 12.1 Å². The van der Waals surface area contributed by atoms with Crippen LogP contribution in [0.15, 0.2) is 23.2 Å². The van der Waals surface area contributed by atoms with E-state index in [1.165, 1.54) is 38.8 Å². The van der Waals surface area contributed by atoms with E-state index in [9.17, 15) is 0 Å². The number of benzene rings is 1. The van der Waals surface area contributed by atoms with E-state index < -0.39 is 0 Å². The molecule has 0 unspecified atom stereocenters. The number of guanidine groups is 1. The van der Waals surface area contributed by atoms with Crippen LogP contribution in [-0.4, -0.2) is 57.3 Å². The molecule has 1 aliphatic heterocycles. The van der Waals surface area contributed by atoms with Gasteiger partial charge in [0.1, 0.15) is 0 Å². The van der Waals surface area contributed by atoms with Crippen LogP contribution in [0.3, 0.4) is 0 Å². The Hall–Kier alpha value is -1.95. The van der Waals surface area contributed by atoms with Gasteiger partial charge in [-0.3, -0.25) is 0 Å². The average molecular weight is 403 g/mol. The van der Waals surface area contributed by atoms with Gasteiger partial charge >= 0.3 is 0 Å². The number of para-hydroxylation sites is 1. The molecule has 1 aliphatic carbocycles. The van der Waals surface area contributed by atoms with Crippen LogP contribution in [-0.2, 0) is 6.54 Å². The van der Waals surface area contributed by atoms with E-state index in [1.54, 1.807) is 7.11 Å². The third kappa shape index (κ3) is 6.53. The number of hydrogen-bond donors (Lipinski definition) is 2. The van der Waals surface area contributed by atoms with Crippen LogP contribution in [0.4, 0.5) is 0 Å². The van der Waals surface area contributed by atoms with Crippen LogP contribution in [0.25, 0.3) is 0 Å². The highest BCUT2D eigenvalue weighted by Crippen LogP contribution is 2.35. The number of ether oxygens (including phenoxy) is 2. The van der Waals surface area contributed by atoms with Crippen molar-refractivity contribution in [2.75, 3.05) is 40.3 Å².